The average Bonchev–Trinajstić information content (AvgIpc) is 2.34. The van der Waals surface area contributed by atoms with E-state index in [-0.39, 0.29) is 17.6 Å². The van der Waals surface area contributed by atoms with Crippen molar-refractivity contribution in [1.82, 2.24) is 10.2 Å². The normalized spacial score (nSPS) is 21.9. The van der Waals surface area contributed by atoms with Gasteiger partial charge in [0.1, 0.15) is 0 Å². The fraction of sp³-hybridized carbons (Fsp3) is 0.938. The molecule has 0 radical (unpaired) electrons. The average molecular weight is 284 g/mol. The maximum atomic E-state index is 12.4. The highest BCUT2D eigenvalue weighted by Crippen LogP contribution is 2.24. The fourth-order valence-corrected chi connectivity index (χ4v) is 3.19. The minimum atomic E-state index is -0.333. The summed E-state index contributed by atoms with van der Waals surface area (Å²) in [5.74, 6) is 0.506. The molecular weight excluding hydrogens is 252 g/mol. The van der Waals surface area contributed by atoms with Gasteiger partial charge in [0.05, 0.1) is 6.10 Å². The van der Waals surface area contributed by atoms with Crippen LogP contribution < -0.4 is 5.32 Å². The monoisotopic (exact) mass is 284 g/mol. The number of hydrogen-bond donors (Lipinski definition) is 2. The van der Waals surface area contributed by atoms with Crippen molar-refractivity contribution < 1.29 is 9.90 Å². The van der Waals surface area contributed by atoms with Gasteiger partial charge in [0.15, 0.2) is 0 Å². The number of amides is 2. The molecule has 0 bridgehead atoms. The lowest BCUT2D eigenvalue weighted by atomic mass is 9.87. The summed E-state index contributed by atoms with van der Waals surface area (Å²) in [4.78, 5) is 14.4. The fourth-order valence-electron chi connectivity index (χ4n) is 3.19. The van der Waals surface area contributed by atoms with Crippen LogP contribution in [0.1, 0.15) is 60.3 Å². The summed E-state index contributed by atoms with van der Waals surface area (Å²) >= 11 is 0. The van der Waals surface area contributed by atoms with Gasteiger partial charge in [0.2, 0.25) is 0 Å². The largest absolute Gasteiger partial charge is 0.393 e. The highest BCUT2D eigenvalue weighted by molar-refractivity contribution is 5.74. The summed E-state index contributed by atoms with van der Waals surface area (Å²) in [5.41, 5.74) is -0.0764. The second kappa shape index (κ2) is 7.30. The van der Waals surface area contributed by atoms with Crippen LogP contribution in [0.2, 0.25) is 0 Å². The maximum absolute atomic E-state index is 12.4. The number of aliphatic hydroxyl groups is 1. The Kier molecular flexibility index (Phi) is 6.31. The van der Waals surface area contributed by atoms with Gasteiger partial charge in [-0.1, -0.05) is 27.7 Å². The molecule has 1 rings (SSSR count). The molecule has 0 spiro atoms. The first kappa shape index (κ1) is 17.3. The molecule has 0 aromatic rings. The van der Waals surface area contributed by atoms with Gasteiger partial charge in [-0.25, -0.2) is 4.79 Å². The summed E-state index contributed by atoms with van der Waals surface area (Å²) in [6.07, 6.45) is 3.80. The molecule has 20 heavy (non-hydrogen) atoms. The van der Waals surface area contributed by atoms with Gasteiger partial charge < -0.3 is 15.3 Å². The van der Waals surface area contributed by atoms with E-state index in [0.29, 0.717) is 24.9 Å². The van der Waals surface area contributed by atoms with E-state index in [4.69, 9.17) is 0 Å². The molecule has 118 valence electrons. The number of urea groups is 1. The Balaban J connectivity index is 2.52. The summed E-state index contributed by atoms with van der Waals surface area (Å²) in [5, 5.41) is 12.6. The molecule has 0 aliphatic carbocycles. The number of piperidine rings is 1. The first-order valence-corrected chi connectivity index (χ1v) is 7.95. The Morgan fingerprint density at radius 3 is 2.55 bits per heavy atom. The molecule has 1 aliphatic rings. The lowest BCUT2D eigenvalue weighted by Crippen LogP contribution is -2.52. The molecule has 1 fully saturated rings. The van der Waals surface area contributed by atoms with Gasteiger partial charge in [-0.3, -0.25) is 0 Å². The summed E-state index contributed by atoms with van der Waals surface area (Å²) < 4.78 is 0. The molecule has 1 heterocycles. The summed E-state index contributed by atoms with van der Waals surface area (Å²) in [6.45, 7) is 11.8. The van der Waals surface area contributed by atoms with Crippen molar-refractivity contribution >= 4 is 6.03 Å². The lowest BCUT2D eigenvalue weighted by Gasteiger charge is -2.39. The number of carbonyl (C=O) groups is 1. The predicted molar refractivity (Wildman–Crippen MR) is 82.7 cm³/mol. The molecule has 2 amide bonds. The third-order valence-electron chi connectivity index (χ3n) is 4.15. The Hall–Kier alpha value is -0.770. The molecule has 2 unspecified atom stereocenters. The predicted octanol–water partition coefficient (Wildman–Crippen LogP) is 3.00. The van der Waals surface area contributed by atoms with Crippen molar-refractivity contribution in [3.8, 4) is 0 Å². The molecule has 2 N–H and O–H groups in total. The van der Waals surface area contributed by atoms with Gasteiger partial charge >= 0.3 is 6.03 Å². The van der Waals surface area contributed by atoms with Crippen LogP contribution in [0.5, 0.6) is 0 Å². The standard InChI is InChI=1S/C16H32N2O2/c1-12(2)14-8-6-7-9-18(14)15(20)17-11-16(4,5)10-13(3)19/h12-14,19H,6-11H2,1-5H3,(H,17,20). The molecule has 1 saturated heterocycles. The van der Waals surface area contributed by atoms with Crippen molar-refractivity contribution in [3.05, 3.63) is 0 Å². The van der Waals surface area contributed by atoms with Crippen molar-refractivity contribution in [2.24, 2.45) is 11.3 Å². The summed E-state index contributed by atoms with van der Waals surface area (Å²) in [7, 11) is 0. The highest BCUT2D eigenvalue weighted by Gasteiger charge is 2.30. The van der Waals surface area contributed by atoms with Crippen molar-refractivity contribution in [1.29, 1.82) is 0 Å². The number of likely N-dealkylation sites (tertiary alicyclic amines) is 1. The van der Waals surface area contributed by atoms with Crippen molar-refractivity contribution in [3.63, 3.8) is 0 Å². The second-order valence-electron chi connectivity index (χ2n) is 7.38. The minimum Gasteiger partial charge on any atom is -0.393 e. The third-order valence-corrected chi connectivity index (χ3v) is 4.15. The first-order valence-electron chi connectivity index (χ1n) is 7.95. The molecule has 0 saturated carbocycles. The van der Waals surface area contributed by atoms with Gasteiger partial charge in [0.25, 0.3) is 0 Å². The van der Waals surface area contributed by atoms with Crippen LogP contribution in [-0.4, -0.2) is 41.3 Å². The smallest absolute Gasteiger partial charge is 0.317 e. The van der Waals surface area contributed by atoms with Gasteiger partial charge in [-0.15, -0.1) is 0 Å². The van der Waals surface area contributed by atoms with Crippen LogP contribution in [0, 0.1) is 11.3 Å². The minimum absolute atomic E-state index is 0.0575. The molecule has 1 aliphatic heterocycles. The van der Waals surface area contributed by atoms with E-state index in [2.05, 4.69) is 33.0 Å². The van der Waals surface area contributed by atoms with Crippen molar-refractivity contribution in [2.75, 3.05) is 13.1 Å². The number of hydrogen-bond acceptors (Lipinski definition) is 2. The van der Waals surface area contributed by atoms with E-state index in [1.165, 1.54) is 6.42 Å². The van der Waals surface area contributed by atoms with Crippen LogP contribution in [0.4, 0.5) is 4.79 Å². The Bertz CT molecular complexity index is 314. The van der Waals surface area contributed by atoms with Gasteiger partial charge in [-0.2, -0.15) is 0 Å². The van der Waals surface area contributed by atoms with Crippen molar-refractivity contribution in [2.45, 2.75) is 72.4 Å². The van der Waals surface area contributed by atoms with E-state index in [0.717, 1.165) is 19.4 Å². The molecule has 2 atom stereocenters. The zero-order valence-corrected chi connectivity index (χ0v) is 13.8. The number of carbonyl (C=O) groups excluding carboxylic acids is 1. The van der Waals surface area contributed by atoms with E-state index < -0.39 is 0 Å². The highest BCUT2D eigenvalue weighted by atomic mass is 16.3. The maximum Gasteiger partial charge on any atom is 0.317 e. The van der Waals surface area contributed by atoms with E-state index >= 15 is 0 Å². The van der Waals surface area contributed by atoms with Crippen LogP contribution >= 0.6 is 0 Å². The quantitative estimate of drug-likeness (QED) is 0.815. The molecular formula is C16H32N2O2. The van der Waals surface area contributed by atoms with Crippen LogP contribution in [0.25, 0.3) is 0 Å². The number of aliphatic hydroxyl groups excluding tert-OH is 1. The zero-order chi connectivity index (χ0) is 15.3. The number of rotatable bonds is 5. The lowest BCUT2D eigenvalue weighted by molar-refractivity contribution is 0.112. The molecule has 0 aromatic heterocycles. The SMILES string of the molecule is CC(O)CC(C)(C)CNC(=O)N1CCCCC1C(C)C. The molecule has 0 aromatic carbocycles. The Morgan fingerprint density at radius 1 is 1.35 bits per heavy atom. The molecule has 4 nitrogen and oxygen atoms in total. The van der Waals surface area contributed by atoms with Crippen LogP contribution in [0.3, 0.4) is 0 Å². The van der Waals surface area contributed by atoms with E-state index in [1.807, 2.05) is 4.90 Å². The van der Waals surface area contributed by atoms with E-state index in [1.54, 1.807) is 6.92 Å². The van der Waals surface area contributed by atoms with Gasteiger partial charge in [0, 0.05) is 19.1 Å². The third kappa shape index (κ3) is 5.31. The number of nitrogens with zero attached hydrogens (tertiary/aromatic N) is 1. The number of nitrogens with one attached hydrogen (secondary N) is 1. The first-order chi connectivity index (χ1) is 9.23. The summed E-state index contributed by atoms with van der Waals surface area (Å²) in [6, 6.07) is 0.422. The van der Waals surface area contributed by atoms with E-state index in [9.17, 15) is 9.90 Å². The molecule has 4 heteroatoms. The Labute approximate surface area is 123 Å². The zero-order valence-electron chi connectivity index (χ0n) is 13.8. The van der Waals surface area contributed by atoms with Gasteiger partial charge in [-0.05, 0) is 43.9 Å². The topological polar surface area (TPSA) is 52.6 Å². The Morgan fingerprint density at radius 2 is 2.00 bits per heavy atom. The van der Waals surface area contributed by atoms with Crippen LogP contribution in [-0.2, 0) is 0 Å². The van der Waals surface area contributed by atoms with Crippen LogP contribution in [0.15, 0.2) is 0 Å². The second-order valence-corrected chi connectivity index (χ2v) is 7.38.